The largest absolute Gasteiger partial charge is 0.261 e. The molecule has 0 saturated carbocycles. The van der Waals surface area contributed by atoms with Crippen molar-refractivity contribution in [3.8, 4) is 0 Å². The van der Waals surface area contributed by atoms with Crippen molar-refractivity contribution in [3.63, 3.8) is 0 Å². The summed E-state index contributed by atoms with van der Waals surface area (Å²) in [6.45, 7) is 1.98. The Bertz CT molecular complexity index is 203. The molecule has 9 heavy (non-hydrogen) atoms. The van der Waals surface area contributed by atoms with E-state index in [9.17, 15) is 0 Å². The van der Waals surface area contributed by atoms with Gasteiger partial charge in [0.2, 0.25) is 0 Å². The van der Waals surface area contributed by atoms with Crippen LogP contribution in [-0.4, -0.2) is 11.3 Å². The molecule has 46 valence electrons. The van der Waals surface area contributed by atoms with Crippen molar-refractivity contribution in [3.05, 3.63) is 24.0 Å². The van der Waals surface area contributed by atoms with Crippen molar-refractivity contribution in [2.45, 2.75) is 6.92 Å². The molecule has 0 aromatic carbocycles. The number of aryl methyl sites for hydroxylation is 1. The standard InChI is InChI=1S/C7H8NP/c1-6-3-4-7(9-2)5-8-6/h3-5H,2H2,1H3. The topological polar surface area (TPSA) is 12.9 Å². The fourth-order valence-electron chi connectivity index (χ4n) is 0.554. The van der Waals surface area contributed by atoms with Crippen LogP contribution in [-0.2, 0) is 0 Å². The lowest BCUT2D eigenvalue weighted by Crippen LogP contribution is -1.92. The van der Waals surface area contributed by atoms with Crippen LogP contribution in [0.5, 0.6) is 0 Å². The van der Waals surface area contributed by atoms with Gasteiger partial charge in [-0.2, -0.15) is 0 Å². The molecule has 0 radical (unpaired) electrons. The second-order valence-electron chi connectivity index (χ2n) is 1.82. The molecule has 0 saturated heterocycles. The number of hydrogen-bond donors (Lipinski definition) is 0. The van der Waals surface area contributed by atoms with E-state index in [1.165, 1.54) is 5.30 Å². The minimum atomic E-state index is 1.04. The van der Waals surface area contributed by atoms with Crippen LogP contribution in [0.25, 0.3) is 0 Å². The molecule has 0 N–H and O–H groups in total. The van der Waals surface area contributed by atoms with E-state index in [0.717, 1.165) is 13.9 Å². The highest BCUT2D eigenvalue weighted by Crippen LogP contribution is 1.93. The maximum Gasteiger partial charge on any atom is 0.0389 e. The second kappa shape index (κ2) is 2.75. The molecular formula is C7H8NP. The summed E-state index contributed by atoms with van der Waals surface area (Å²) in [6.07, 6.45) is 5.57. The van der Waals surface area contributed by atoms with Gasteiger partial charge in [-0.15, -0.1) is 0 Å². The molecule has 1 heterocycles. The van der Waals surface area contributed by atoms with Gasteiger partial charge < -0.3 is 0 Å². The van der Waals surface area contributed by atoms with Crippen LogP contribution in [0, 0.1) is 6.92 Å². The first-order valence-corrected chi connectivity index (χ1v) is 3.80. The van der Waals surface area contributed by atoms with Crippen molar-refractivity contribution in [1.29, 1.82) is 0 Å². The molecule has 0 aliphatic heterocycles. The van der Waals surface area contributed by atoms with Gasteiger partial charge in [0.1, 0.15) is 0 Å². The summed E-state index contributed by atoms with van der Waals surface area (Å²) in [5.74, 6) is 0. The van der Waals surface area contributed by atoms with E-state index in [4.69, 9.17) is 0 Å². The van der Waals surface area contributed by atoms with Gasteiger partial charge in [0.15, 0.2) is 0 Å². The minimum Gasteiger partial charge on any atom is -0.261 e. The van der Waals surface area contributed by atoms with Crippen molar-refractivity contribution in [2.75, 3.05) is 0 Å². The van der Waals surface area contributed by atoms with Crippen LogP contribution in [0.1, 0.15) is 5.69 Å². The molecule has 0 atom stereocenters. The van der Waals surface area contributed by atoms with Gasteiger partial charge in [-0.05, 0) is 19.1 Å². The maximum atomic E-state index is 4.10. The lowest BCUT2D eigenvalue weighted by atomic mass is 10.4. The van der Waals surface area contributed by atoms with Crippen molar-refractivity contribution in [1.82, 2.24) is 4.98 Å². The lowest BCUT2D eigenvalue weighted by molar-refractivity contribution is 1.21. The van der Waals surface area contributed by atoms with Gasteiger partial charge >= 0.3 is 0 Å². The second-order valence-corrected chi connectivity index (χ2v) is 2.65. The fraction of sp³-hybridized carbons (Fsp3) is 0.143. The van der Waals surface area contributed by atoms with Crippen molar-refractivity contribution >= 4 is 19.8 Å². The smallest absolute Gasteiger partial charge is 0.0389 e. The summed E-state index contributed by atoms with van der Waals surface area (Å²) in [7, 11) is 1.04. The zero-order valence-corrected chi connectivity index (χ0v) is 6.23. The molecule has 0 aliphatic rings. The summed E-state index contributed by atoms with van der Waals surface area (Å²) >= 11 is 0. The van der Waals surface area contributed by atoms with E-state index in [-0.39, 0.29) is 0 Å². The molecule has 0 spiro atoms. The average Bonchev–Trinajstić information content (AvgIpc) is 1.90. The van der Waals surface area contributed by atoms with Crippen molar-refractivity contribution in [2.24, 2.45) is 0 Å². The zero-order chi connectivity index (χ0) is 6.69. The summed E-state index contributed by atoms with van der Waals surface area (Å²) in [5.41, 5.74) is 1.06. The van der Waals surface area contributed by atoms with Gasteiger partial charge in [-0.1, -0.05) is 14.5 Å². The molecule has 2 heteroatoms. The van der Waals surface area contributed by atoms with E-state index < -0.39 is 0 Å². The molecule has 1 aromatic heterocycles. The van der Waals surface area contributed by atoms with Gasteiger partial charge in [0.25, 0.3) is 0 Å². The molecule has 1 aromatic rings. The molecule has 0 unspecified atom stereocenters. The highest BCUT2D eigenvalue weighted by molar-refractivity contribution is 7.45. The van der Waals surface area contributed by atoms with E-state index in [2.05, 4.69) is 11.3 Å². The quantitative estimate of drug-likeness (QED) is 0.533. The van der Waals surface area contributed by atoms with Crippen LogP contribution in [0.15, 0.2) is 18.3 Å². The SMILES string of the molecule is C=Pc1ccc(C)nc1. The molecule has 0 aliphatic carbocycles. The highest BCUT2D eigenvalue weighted by Gasteiger charge is 1.84. The van der Waals surface area contributed by atoms with E-state index >= 15 is 0 Å². The first-order valence-electron chi connectivity index (χ1n) is 2.72. The van der Waals surface area contributed by atoms with Crippen LogP contribution < -0.4 is 5.30 Å². The monoisotopic (exact) mass is 137 g/mol. The summed E-state index contributed by atoms with van der Waals surface area (Å²) in [4.78, 5) is 4.10. The summed E-state index contributed by atoms with van der Waals surface area (Å²) < 4.78 is 0. The van der Waals surface area contributed by atoms with E-state index in [0.29, 0.717) is 0 Å². The molecular weight excluding hydrogens is 129 g/mol. The van der Waals surface area contributed by atoms with Crippen LogP contribution in [0.3, 0.4) is 0 Å². The lowest BCUT2D eigenvalue weighted by Gasteiger charge is -1.90. The Morgan fingerprint density at radius 3 is 2.78 bits per heavy atom. The number of pyridine rings is 1. The Morgan fingerprint density at radius 2 is 2.33 bits per heavy atom. The number of aromatic nitrogens is 1. The minimum absolute atomic E-state index is 1.04. The van der Waals surface area contributed by atoms with Crippen LogP contribution in [0.4, 0.5) is 0 Å². The normalized spacial score (nSPS) is 9.89. The Morgan fingerprint density at radius 1 is 1.56 bits per heavy atom. The molecule has 1 nitrogen and oxygen atoms in total. The number of nitrogens with zero attached hydrogens (tertiary/aromatic N) is 1. The Hall–Kier alpha value is -0.680. The number of hydrogen-bond acceptors (Lipinski definition) is 1. The van der Waals surface area contributed by atoms with Crippen LogP contribution in [0.2, 0.25) is 0 Å². The highest BCUT2D eigenvalue weighted by atomic mass is 31.1. The van der Waals surface area contributed by atoms with Crippen molar-refractivity contribution < 1.29 is 0 Å². The Balaban J connectivity index is 3.01. The summed E-state index contributed by atoms with van der Waals surface area (Å²) in [6, 6.07) is 4.03. The maximum absolute atomic E-state index is 4.10. The Labute approximate surface area is 56.6 Å². The van der Waals surface area contributed by atoms with Gasteiger partial charge in [-0.25, -0.2) is 0 Å². The van der Waals surface area contributed by atoms with Gasteiger partial charge in [0.05, 0.1) is 0 Å². The molecule has 0 fully saturated rings. The van der Waals surface area contributed by atoms with Gasteiger partial charge in [-0.3, -0.25) is 4.98 Å². The molecule has 0 amide bonds. The Kier molecular flexibility index (Phi) is 1.96. The third kappa shape index (κ3) is 1.62. The summed E-state index contributed by atoms with van der Waals surface area (Å²) in [5, 5.41) is 1.17. The predicted octanol–water partition coefficient (Wildman–Crippen LogP) is 1.39. The third-order valence-electron chi connectivity index (χ3n) is 1.08. The fourth-order valence-corrected chi connectivity index (χ4v) is 0.873. The first kappa shape index (κ1) is 6.44. The first-order chi connectivity index (χ1) is 4.33. The molecule has 1 rings (SSSR count). The number of rotatable bonds is 1. The zero-order valence-electron chi connectivity index (χ0n) is 5.33. The average molecular weight is 137 g/mol. The molecule has 0 bridgehead atoms. The van der Waals surface area contributed by atoms with E-state index in [1.54, 1.807) is 0 Å². The van der Waals surface area contributed by atoms with Crippen LogP contribution >= 0.6 is 8.20 Å². The predicted molar refractivity (Wildman–Crippen MR) is 42.6 cm³/mol. The van der Waals surface area contributed by atoms with E-state index in [1.807, 2.05) is 25.3 Å². The van der Waals surface area contributed by atoms with Gasteiger partial charge in [0, 0.05) is 17.2 Å². The third-order valence-corrected chi connectivity index (χ3v) is 1.71.